The Morgan fingerprint density at radius 1 is 1.62 bits per heavy atom. The van der Waals surface area contributed by atoms with Crippen molar-refractivity contribution in [2.75, 3.05) is 13.6 Å². The molecule has 0 saturated heterocycles. The van der Waals surface area contributed by atoms with E-state index in [-0.39, 0.29) is 0 Å². The molecule has 1 unspecified atom stereocenters. The van der Waals surface area contributed by atoms with E-state index in [0.717, 1.165) is 6.42 Å². The summed E-state index contributed by atoms with van der Waals surface area (Å²) in [6, 6.07) is -0.479. The van der Waals surface area contributed by atoms with Crippen molar-refractivity contribution in [1.29, 1.82) is 5.41 Å². The maximum atomic E-state index is 10.5. The van der Waals surface area contributed by atoms with Crippen LogP contribution in [0.25, 0.3) is 0 Å². The normalized spacial score (nSPS) is 12.2. The smallest absolute Gasteiger partial charge is 0.320 e. The number of hydrogen-bond donors (Lipinski definition) is 4. The zero-order valence-electron chi connectivity index (χ0n) is 8.05. The molecule has 0 amide bonds. The number of amidine groups is 1. The lowest BCUT2D eigenvalue weighted by atomic mass is 10.1. The molecule has 1 atom stereocenters. The van der Waals surface area contributed by atoms with Crippen LogP contribution < -0.4 is 10.6 Å². The predicted octanol–water partition coefficient (Wildman–Crippen LogP) is 0.0260. The van der Waals surface area contributed by atoms with E-state index in [1.54, 1.807) is 14.0 Å². The van der Waals surface area contributed by atoms with Crippen LogP contribution in [0.2, 0.25) is 0 Å². The van der Waals surface area contributed by atoms with Crippen LogP contribution in [-0.4, -0.2) is 36.5 Å². The standard InChI is InChI=1S/C8H17N3O2/c1-6(9)11-5-3-4-7(10-2)8(12)13/h7,10H,3-5H2,1-2H3,(H2,9,11)(H,12,13). The van der Waals surface area contributed by atoms with Crippen molar-refractivity contribution in [3.05, 3.63) is 0 Å². The van der Waals surface area contributed by atoms with Gasteiger partial charge in [-0.25, -0.2) is 0 Å². The van der Waals surface area contributed by atoms with Crippen molar-refractivity contribution in [3.8, 4) is 0 Å². The van der Waals surface area contributed by atoms with Crippen molar-refractivity contribution in [3.63, 3.8) is 0 Å². The molecule has 0 aliphatic heterocycles. The van der Waals surface area contributed by atoms with Crippen molar-refractivity contribution >= 4 is 11.8 Å². The highest BCUT2D eigenvalue weighted by Gasteiger charge is 2.13. The molecule has 0 aromatic carbocycles. The van der Waals surface area contributed by atoms with Crippen LogP contribution in [0.5, 0.6) is 0 Å². The molecule has 0 saturated carbocycles. The SMILES string of the molecule is CNC(CCCNC(C)=N)C(=O)O. The van der Waals surface area contributed by atoms with E-state index in [4.69, 9.17) is 10.5 Å². The van der Waals surface area contributed by atoms with Gasteiger partial charge in [-0.2, -0.15) is 0 Å². The van der Waals surface area contributed by atoms with Crippen LogP contribution in [-0.2, 0) is 4.79 Å². The van der Waals surface area contributed by atoms with E-state index in [1.807, 2.05) is 0 Å². The minimum absolute atomic E-state index is 0.413. The molecule has 0 radical (unpaired) electrons. The summed E-state index contributed by atoms with van der Waals surface area (Å²) < 4.78 is 0. The second-order valence-corrected chi connectivity index (χ2v) is 2.87. The summed E-state index contributed by atoms with van der Waals surface area (Å²) in [6.07, 6.45) is 1.32. The second-order valence-electron chi connectivity index (χ2n) is 2.87. The molecule has 0 aliphatic rings. The van der Waals surface area contributed by atoms with Crippen LogP contribution in [0.4, 0.5) is 0 Å². The molecule has 5 heteroatoms. The zero-order valence-corrected chi connectivity index (χ0v) is 8.05. The summed E-state index contributed by atoms with van der Waals surface area (Å²) in [5.41, 5.74) is 0. The summed E-state index contributed by atoms with van der Waals surface area (Å²) in [5, 5.41) is 21.3. The lowest BCUT2D eigenvalue weighted by Gasteiger charge is -2.10. The number of rotatable bonds is 6. The topological polar surface area (TPSA) is 85.2 Å². The van der Waals surface area contributed by atoms with Gasteiger partial charge in [0.2, 0.25) is 0 Å². The van der Waals surface area contributed by atoms with Gasteiger partial charge in [0.1, 0.15) is 6.04 Å². The third kappa shape index (κ3) is 6.10. The average Bonchev–Trinajstić information content (AvgIpc) is 2.03. The number of carboxylic acids is 1. The van der Waals surface area contributed by atoms with Gasteiger partial charge in [0.05, 0.1) is 5.84 Å². The third-order valence-electron chi connectivity index (χ3n) is 1.71. The van der Waals surface area contributed by atoms with Gasteiger partial charge in [0.25, 0.3) is 0 Å². The molecule has 0 spiro atoms. The molecular weight excluding hydrogens is 170 g/mol. The molecular formula is C8H17N3O2. The molecule has 0 heterocycles. The van der Waals surface area contributed by atoms with E-state index in [9.17, 15) is 4.79 Å². The largest absolute Gasteiger partial charge is 0.480 e. The van der Waals surface area contributed by atoms with Crippen LogP contribution in [0, 0.1) is 5.41 Å². The fourth-order valence-corrected chi connectivity index (χ4v) is 0.973. The first kappa shape index (κ1) is 11.9. The Morgan fingerprint density at radius 2 is 2.23 bits per heavy atom. The Kier molecular flexibility index (Phi) is 5.88. The van der Waals surface area contributed by atoms with Crippen LogP contribution >= 0.6 is 0 Å². The van der Waals surface area contributed by atoms with Gasteiger partial charge in [-0.15, -0.1) is 0 Å². The van der Waals surface area contributed by atoms with Gasteiger partial charge in [0.15, 0.2) is 0 Å². The first-order valence-electron chi connectivity index (χ1n) is 4.27. The van der Waals surface area contributed by atoms with Crippen LogP contribution in [0.15, 0.2) is 0 Å². The van der Waals surface area contributed by atoms with Gasteiger partial charge >= 0.3 is 5.97 Å². The summed E-state index contributed by atoms with van der Waals surface area (Å²) in [5.74, 6) is -0.412. The number of carboxylic acid groups (broad SMARTS) is 1. The Morgan fingerprint density at radius 3 is 2.62 bits per heavy atom. The van der Waals surface area contributed by atoms with E-state index < -0.39 is 12.0 Å². The molecule has 0 bridgehead atoms. The van der Waals surface area contributed by atoms with Gasteiger partial charge in [-0.3, -0.25) is 10.2 Å². The second kappa shape index (κ2) is 6.42. The highest BCUT2D eigenvalue weighted by Crippen LogP contribution is 1.95. The first-order chi connectivity index (χ1) is 6.07. The maximum Gasteiger partial charge on any atom is 0.320 e. The van der Waals surface area contributed by atoms with Gasteiger partial charge in [-0.1, -0.05) is 0 Å². The number of aliphatic carboxylic acids is 1. The summed E-state index contributed by atoms with van der Waals surface area (Å²) in [6.45, 7) is 2.31. The minimum atomic E-state index is -0.825. The highest BCUT2D eigenvalue weighted by atomic mass is 16.4. The molecule has 5 nitrogen and oxygen atoms in total. The summed E-state index contributed by atoms with van der Waals surface area (Å²) in [7, 11) is 1.63. The lowest BCUT2D eigenvalue weighted by molar-refractivity contribution is -0.139. The quantitative estimate of drug-likeness (QED) is 0.268. The van der Waals surface area contributed by atoms with Gasteiger partial charge in [-0.05, 0) is 26.8 Å². The Hall–Kier alpha value is -1.10. The number of likely N-dealkylation sites (N-methyl/N-ethyl adjacent to an activating group) is 1. The first-order valence-corrected chi connectivity index (χ1v) is 4.27. The third-order valence-corrected chi connectivity index (χ3v) is 1.71. The van der Waals surface area contributed by atoms with Gasteiger partial charge < -0.3 is 15.7 Å². The monoisotopic (exact) mass is 187 g/mol. The average molecular weight is 187 g/mol. The van der Waals surface area contributed by atoms with E-state index in [2.05, 4.69) is 10.6 Å². The highest BCUT2D eigenvalue weighted by molar-refractivity contribution is 5.75. The van der Waals surface area contributed by atoms with Crippen molar-refractivity contribution in [2.45, 2.75) is 25.8 Å². The predicted molar refractivity (Wildman–Crippen MR) is 51.1 cm³/mol. The molecule has 76 valence electrons. The summed E-state index contributed by atoms with van der Waals surface area (Å²) >= 11 is 0. The minimum Gasteiger partial charge on any atom is -0.480 e. The molecule has 0 aliphatic carbocycles. The molecule has 0 aromatic rings. The van der Waals surface area contributed by atoms with E-state index in [1.165, 1.54) is 0 Å². The number of hydrogen-bond acceptors (Lipinski definition) is 3. The molecule has 13 heavy (non-hydrogen) atoms. The van der Waals surface area contributed by atoms with Crippen molar-refractivity contribution in [2.24, 2.45) is 0 Å². The Bertz CT molecular complexity index is 182. The number of carbonyl (C=O) groups is 1. The maximum absolute atomic E-state index is 10.5. The van der Waals surface area contributed by atoms with Crippen molar-refractivity contribution in [1.82, 2.24) is 10.6 Å². The number of nitrogens with one attached hydrogen (secondary N) is 3. The Balaban J connectivity index is 3.50. The molecule has 0 rings (SSSR count). The zero-order chi connectivity index (χ0) is 10.3. The fraction of sp³-hybridized carbons (Fsp3) is 0.750. The molecule has 0 fully saturated rings. The molecule has 4 N–H and O–H groups in total. The fourth-order valence-electron chi connectivity index (χ4n) is 0.973. The Labute approximate surface area is 78.0 Å². The van der Waals surface area contributed by atoms with E-state index in [0.29, 0.717) is 18.8 Å². The van der Waals surface area contributed by atoms with E-state index >= 15 is 0 Å². The molecule has 0 aromatic heterocycles. The van der Waals surface area contributed by atoms with Crippen LogP contribution in [0.1, 0.15) is 19.8 Å². The van der Waals surface area contributed by atoms with Gasteiger partial charge in [0, 0.05) is 6.54 Å². The lowest BCUT2D eigenvalue weighted by Crippen LogP contribution is -2.34. The van der Waals surface area contributed by atoms with Crippen LogP contribution in [0.3, 0.4) is 0 Å². The van der Waals surface area contributed by atoms with Crippen molar-refractivity contribution < 1.29 is 9.90 Å². The summed E-state index contributed by atoms with van der Waals surface area (Å²) in [4.78, 5) is 10.5.